The van der Waals surface area contributed by atoms with Crippen molar-refractivity contribution in [2.45, 2.75) is 51.1 Å². The van der Waals surface area contributed by atoms with E-state index in [2.05, 4.69) is 13.5 Å². The Morgan fingerprint density at radius 2 is 2.21 bits per heavy atom. The Labute approximate surface area is 85.4 Å². The number of ether oxygens (including phenoxy) is 1. The van der Waals surface area contributed by atoms with Gasteiger partial charge in [0.15, 0.2) is 6.29 Å². The average Bonchev–Trinajstić information content (AvgIpc) is 2.12. The maximum Gasteiger partial charge on any atom is 0.157 e. The van der Waals surface area contributed by atoms with Gasteiger partial charge in [0.1, 0.15) is 0 Å². The van der Waals surface area contributed by atoms with Crippen molar-refractivity contribution in [3.05, 3.63) is 12.7 Å². The zero-order valence-corrected chi connectivity index (χ0v) is 8.72. The Balaban J connectivity index is 2.26. The molecule has 0 aromatic carbocycles. The van der Waals surface area contributed by atoms with Crippen molar-refractivity contribution < 1.29 is 14.9 Å². The molecule has 1 fully saturated rings. The summed E-state index contributed by atoms with van der Waals surface area (Å²) in [6.07, 6.45) is 3.56. The molecular weight excluding hydrogens is 180 g/mol. The van der Waals surface area contributed by atoms with E-state index in [0.717, 1.165) is 12.8 Å². The topological polar surface area (TPSA) is 49.7 Å². The molecule has 0 bridgehead atoms. The summed E-state index contributed by atoms with van der Waals surface area (Å²) >= 11 is 0. The van der Waals surface area contributed by atoms with E-state index < -0.39 is 12.4 Å². The van der Waals surface area contributed by atoms with Crippen molar-refractivity contribution in [1.82, 2.24) is 0 Å². The first-order chi connectivity index (χ1) is 6.61. The lowest BCUT2D eigenvalue weighted by molar-refractivity contribution is -0.190. The van der Waals surface area contributed by atoms with Crippen LogP contribution in [0.1, 0.15) is 32.6 Å². The molecule has 1 aliphatic heterocycles. The Hall–Kier alpha value is -0.380. The first-order valence-corrected chi connectivity index (χ1v) is 5.26. The normalized spacial score (nSPS) is 35.2. The fourth-order valence-electron chi connectivity index (χ4n) is 1.72. The van der Waals surface area contributed by atoms with Crippen LogP contribution in [-0.2, 0) is 4.74 Å². The summed E-state index contributed by atoms with van der Waals surface area (Å²) in [4.78, 5) is 0. The monoisotopic (exact) mass is 200 g/mol. The highest BCUT2D eigenvalue weighted by atomic mass is 16.6. The molecule has 0 spiro atoms. The second-order valence-electron chi connectivity index (χ2n) is 4.13. The molecule has 0 aromatic heterocycles. The van der Waals surface area contributed by atoms with Crippen molar-refractivity contribution in [3.63, 3.8) is 0 Å². The smallest absolute Gasteiger partial charge is 0.157 e. The molecule has 1 heterocycles. The zero-order chi connectivity index (χ0) is 10.6. The van der Waals surface area contributed by atoms with Crippen molar-refractivity contribution in [2.24, 2.45) is 5.92 Å². The van der Waals surface area contributed by atoms with Crippen LogP contribution in [0.4, 0.5) is 0 Å². The molecular formula is C11H20O3. The van der Waals surface area contributed by atoms with Crippen LogP contribution in [0, 0.1) is 5.92 Å². The number of rotatable bonds is 4. The van der Waals surface area contributed by atoms with Gasteiger partial charge in [-0.3, -0.25) is 0 Å². The third kappa shape index (κ3) is 3.78. The van der Waals surface area contributed by atoms with E-state index in [-0.39, 0.29) is 6.10 Å². The number of aliphatic hydroxyl groups is 2. The van der Waals surface area contributed by atoms with Crippen LogP contribution >= 0.6 is 0 Å². The molecule has 3 heteroatoms. The molecule has 0 aromatic rings. The summed E-state index contributed by atoms with van der Waals surface area (Å²) in [7, 11) is 0. The van der Waals surface area contributed by atoms with E-state index in [4.69, 9.17) is 4.74 Å². The number of aliphatic hydroxyl groups excluding tert-OH is 2. The molecule has 82 valence electrons. The van der Waals surface area contributed by atoms with Crippen LogP contribution in [0.25, 0.3) is 0 Å². The molecule has 0 saturated carbocycles. The van der Waals surface area contributed by atoms with Crippen molar-refractivity contribution >= 4 is 0 Å². The van der Waals surface area contributed by atoms with Crippen LogP contribution in [0.3, 0.4) is 0 Å². The van der Waals surface area contributed by atoms with Crippen LogP contribution in [0.5, 0.6) is 0 Å². The maximum absolute atomic E-state index is 9.41. The van der Waals surface area contributed by atoms with Crippen LogP contribution < -0.4 is 0 Å². The minimum absolute atomic E-state index is 0.00356. The first-order valence-electron chi connectivity index (χ1n) is 5.26. The molecule has 0 radical (unpaired) electrons. The standard InChI is InChI=1S/C11H20O3/c1-3-8(2)4-5-10-6-9(12)7-11(13)14-10/h3,8-13H,1,4-7H2,2H3/t8-,9+,10-,11-/m1/s1. The maximum atomic E-state index is 9.41. The van der Waals surface area contributed by atoms with Gasteiger partial charge in [-0.2, -0.15) is 0 Å². The van der Waals surface area contributed by atoms with Gasteiger partial charge in [0.25, 0.3) is 0 Å². The highest BCUT2D eigenvalue weighted by Crippen LogP contribution is 2.23. The molecule has 4 atom stereocenters. The van der Waals surface area contributed by atoms with Crippen molar-refractivity contribution in [3.8, 4) is 0 Å². The van der Waals surface area contributed by atoms with Gasteiger partial charge in [-0.25, -0.2) is 0 Å². The summed E-state index contributed by atoms with van der Waals surface area (Å²) in [6, 6.07) is 0. The average molecular weight is 200 g/mol. The summed E-state index contributed by atoms with van der Waals surface area (Å²) in [5.74, 6) is 0.467. The first kappa shape index (κ1) is 11.7. The SMILES string of the molecule is C=C[C@@H](C)CC[C@@H]1C[C@H](O)C[C@H](O)O1. The van der Waals surface area contributed by atoms with Gasteiger partial charge in [-0.05, 0) is 25.2 Å². The Kier molecular flexibility index (Phi) is 4.58. The second-order valence-corrected chi connectivity index (χ2v) is 4.13. The zero-order valence-electron chi connectivity index (χ0n) is 8.72. The minimum atomic E-state index is -0.789. The van der Waals surface area contributed by atoms with Crippen LogP contribution in [-0.4, -0.2) is 28.7 Å². The highest BCUT2D eigenvalue weighted by Gasteiger charge is 2.26. The van der Waals surface area contributed by atoms with Gasteiger partial charge < -0.3 is 14.9 Å². The predicted molar refractivity (Wildman–Crippen MR) is 54.7 cm³/mol. The quantitative estimate of drug-likeness (QED) is 0.675. The number of hydrogen-bond donors (Lipinski definition) is 2. The molecule has 0 aliphatic carbocycles. The summed E-state index contributed by atoms with van der Waals surface area (Å²) < 4.78 is 5.31. The van der Waals surface area contributed by atoms with E-state index in [1.165, 1.54) is 0 Å². The fourth-order valence-corrected chi connectivity index (χ4v) is 1.72. The Morgan fingerprint density at radius 1 is 1.50 bits per heavy atom. The molecule has 2 N–H and O–H groups in total. The number of hydrogen-bond acceptors (Lipinski definition) is 3. The van der Waals surface area contributed by atoms with E-state index in [1.54, 1.807) is 0 Å². The molecule has 1 rings (SSSR count). The Bertz CT molecular complexity index is 171. The van der Waals surface area contributed by atoms with Gasteiger partial charge >= 0.3 is 0 Å². The van der Waals surface area contributed by atoms with E-state index in [1.807, 2.05) is 6.08 Å². The fraction of sp³-hybridized carbons (Fsp3) is 0.818. The third-order valence-corrected chi connectivity index (χ3v) is 2.70. The van der Waals surface area contributed by atoms with Gasteiger partial charge in [-0.1, -0.05) is 13.0 Å². The molecule has 1 aliphatic rings. The summed E-state index contributed by atoms with van der Waals surface area (Å²) in [6.45, 7) is 5.81. The molecule has 0 amide bonds. The predicted octanol–water partition coefficient (Wildman–Crippen LogP) is 1.45. The van der Waals surface area contributed by atoms with E-state index in [9.17, 15) is 10.2 Å². The van der Waals surface area contributed by atoms with Crippen molar-refractivity contribution in [2.75, 3.05) is 0 Å². The van der Waals surface area contributed by atoms with Crippen molar-refractivity contribution in [1.29, 1.82) is 0 Å². The van der Waals surface area contributed by atoms with Crippen LogP contribution in [0.2, 0.25) is 0 Å². The van der Waals surface area contributed by atoms with E-state index in [0.29, 0.717) is 18.8 Å². The van der Waals surface area contributed by atoms with Gasteiger partial charge in [0.2, 0.25) is 0 Å². The summed E-state index contributed by atoms with van der Waals surface area (Å²) in [5, 5.41) is 18.7. The minimum Gasteiger partial charge on any atom is -0.393 e. The molecule has 1 saturated heterocycles. The van der Waals surface area contributed by atoms with Crippen LogP contribution in [0.15, 0.2) is 12.7 Å². The van der Waals surface area contributed by atoms with Gasteiger partial charge in [0, 0.05) is 6.42 Å². The lowest BCUT2D eigenvalue weighted by Gasteiger charge is -2.30. The van der Waals surface area contributed by atoms with E-state index >= 15 is 0 Å². The second kappa shape index (κ2) is 5.49. The Morgan fingerprint density at radius 3 is 2.79 bits per heavy atom. The molecule has 3 nitrogen and oxygen atoms in total. The third-order valence-electron chi connectivity index (χ3n) is 2.70. The summed E-state index contributed by atoms with van der Waals surface area (Å²) in [5.41, 5.74) is 0. The van der Waals surface area contributed by atoms with Gasteiger partial charge in [-0.15, -0.1) is 6.58 Å². The largest absolute Gasteiger partial charge is 0.393 e. The van der Waals surface area contributed by atoms with Gasteiger partial charge in [0.05, 0.1) is 12.2 Å². The molecule has 0 unspecified atom stereocenters. The highest BCUT2D eigenvalue weighted by molar-refractivity contribution is 4.78. The number of allylic oxidation sites excluding steroid dienone is 1. The lowest BCUT2D eigenvalue weighted by atomic mass is 9.97. The molecule has 14 heavy (non-hydrogen) atoms. The lowest BCUT2D eigenvalue weighted by Crippen LogP contribution is -2.35.